The molecular formula is C30H27N4NaO3S. The number of aryl methyl sites for hydroxylation is 3. The maximum atomic E-state index is 12.0. The minimum Gasteiger partial charge on any atom is -1.00 e. The summed E-state index contributed by atoms with van der Waals surface area (Å²) in [6.45, 7) is 6.22. The summed E-state index contributed by atoms with van der Waals surface area (Å²) >= 11 is 0. The quantitative estimate of drug-likeness (QED) is 0.141. The summed E-state index contributed by atoms with van der Waals surface area (Å²) < 4.78 is 33.7. The van der Waals surface area contributed by atoms with Crippen molar-refractivity contribution in [3.63, 3.8) is 0 Å². The molecule has 1 heterocycles. The number of hydrogen-bond donors (Lipinski definition) is 2. The molecule has 0 saturated heterocycles. The first-order chi connectivity index (χ1) is 18.1. The molecule has 0 amide bonds. The van der Waals surface area contributed by atoms with Gasteiger partial charge in [0.1, 0.15) is 16.3 Å². The zero-order valence-electron chi connectivity index (χ0n) is 23.2. The van der Waals surface area contributed by atoms with E-state index in [1.165, 1.54) is 17.2 Å². The van der Waals surface area contributed by atoms with Crippen LogP contribution in [0.4, 0.5) is 17.1 Å². The Morgan fingerprint density at radius 1 is 0.795 bits per heavy atom. The molecule has 0 unspecified atom stereocenters. The van der Waals surface area contributed by atoms with E-state index < -0.39 is 10.1 Å². The molecule has 192 valence electrons. The summed E-state index contributed by atoms with van der Waals surface area (Å²) in [6, 6.07) is 24.3. The molecule has 0 aliphatic rings. The average molecular weight is 547 g/mol. The third-order valence-electron chi connectivity index (χ3n) is 6.31. The molecule has 0 aliphatic carbocycles. The second kappa shape index (κ2) is 11.4. The van der Waals surface area contributed by atoms with Gasteiger partial charge in [-0.2, -0.15) is 8.42 Å². The number of rotatable bonds is 5. The monoisotopic (exact) mass is 546 g/mol. The van der Waals surface area contributed by atoms with E-state index in [-0.39, 0.29) is 47.3 Å². The molecule has 0 saturated carbocycles. The minimum atomic E-state index is -4.49. The number of fused-ring (bicyclic) bond motifs is 1. The van der Waals surface area contributed by atoms with E-state index in [0.29, 0.717) is 16.5 Å². The molecule has 5 aromatic rings. The summed E-state index contributed by atoms with van der Waals surface area (Å²) in [7, 11) is -4.49. The molecule has 9 heteroatoms. The smallest absolute Gasteiger partial charge is 1.00 e. The molecule has 0 aliphatic heterocycles. The van der Waals surface area contributed by atoms with Gasteiger partial charge in [-0.3, -0.25) is 9.54 Å². The van der Waals surface area contributed by atoms with Crippen LogP contribution >= 0.6 is 0 Å². The molecule has 7 nitrogen and oxygen atoms in total. The van der Waals surface area contributed by atoms with Crippen LogP contribution in [-0.4, -0.2) is 18.0 Å². The molecule has 5 rings (SSSR count). The Hall–Kier alpha value is -3.40. The van der Waals surface area contributed by atoms with Gasteiger partial charge in [0.2, 0.25) is 0 Å². The fourth-order valence-corrected chi connectivity index (χ4v) is 5.33. The van der Waals surface area contributed by atoms with Crippen LogP contribution in [0, 0.1) is 20.8 Å². The van der Waals surface area contributed by atoms with Gasteiger partial charge >= 0.3 is 29.6 Å². The number of hydrogen-bond acceptors (Lipinski definition) is 6. The van der Waals surface area contributed by atoms with Crippen LogP contribution in [0.5, 0.6) is 0 Å². The Morgan fingerprint density at radius 2 is 1.49 bits per heavy atom. The van der Waals surface area contributed by atoms with Gasteiger partial charge in [0.25, 0.3) is 10.1 Å². The van der Waals surface area contributed by atoms with E-state index in [2.05, 4.69) is 65.5 Å². The molecule has 3 N–H and O–H groups in total. The van der Waals surface area contributed by atoms with Crippen molar-refractivity contribution in [3.8, 4) is 22.4 Å². The number of aromatic nitrogens is 1. The molecule has 39 heavy (non-hydrogen) atoms. The van der Waals surface area contributed by atoms with Crippen LogP contribution in [-0.2, 0) is 10.1 Å². The molecule has 0 radical (unpaired) electrons. The molecule has 1 aromatic heterocycles. The SMILES string of the molecule is Cc1cc(C)cc(-c2ccc(C)cc2-c2ccc(N=Nc3cc(S(=O)(=O)O)c4ccccc4c3N)cn2)c1.[H-].[Na+]. The van der Waals surface area contributed by atoms with Crippen molar-refractivity contribution in [3.05, 3.63) is 102 Å². The molecule has 0 atom stereocenters. The van der Waals surface area contributed by atoms with Crippen LogP contribution in [0.15, 0.2) is 100 Å². The number of nitrogens with zero attached hydrogens (tertiary/aromatic N) is 3. The van der Waals surface area contributed by atoms with Gasteiger partial charge in [-0.05, 0) is 56.2 Å². The van der Waals surface area contributed by atoms with Gasteiger partial charge < -0.3 is 7.16 Å². The first-order valence-corrected chi connectivity index (χ1v) is 13.4. The van der Waals surface area contributed by atoms with E-state index in [9.17, 15) is 13.0 Å². The third kappa shape index (κ3) is 6.11. The number of benzene rings is 4. The number of anilines is 1. The summed E-state index contributed by atoms with van der Waals surface area (Å²) in [6.07, 6.45) is 1.60. The van der Waals surface area contributed by atoms with Gasteiger partial charge in [0.05, 0.1) is 17.6 Å². The van der Waals surface area contributed by atoms with E-state index >= 15 is 0 Å². The van der Waals surface area contributed by atoms with E-state index in [1.807, 2.05) is 13.0 Å². The Morgan fingerprint density at radius 3 is 2.13 bits per heavy atom. The minimum absolute atomic E-state index is 0. The molecular weight excluding hydrogens is 519 g/mol. The fraction of sp³-hybridized carbons (Fsp3) is 0.100. The van der Waals surface area contributed by atoms with Crippen molar-refractivity contribution in [1.82, 2.24) is 4.98 Å². The van der Waals surface area contributed by atoms with Crippen molar-refractivity contribution in [1.29, 1.82) is 0 Å². The maximum absolute atomic E-state index is 12.0. The van der Waals surface area contributed by atoms with E-state index in [1.54, 1.807) is 36.5 Å². The average Bonchev–Trinajstić information content (AvgIpc) is 2.87. The van der Waals surface area contributed by atoms with E-state index in [4.69, 9.17) is 5.73 Å². The second-order valence-electron chi connectivity index (χ2n) is 9.36. The van der Waals surface area contributed by atoms with Gasteiger partial charge in [-0.1, -0.05) is 71.3 Å². The standard InChI is InChI=1S/C30H26N4O3S.Na.H/c1-18-8-10-23(21-13-19(2)12-20(3)14-21)26(15-18)27-11-9-22(17-32-27)33-34-28-16-29(38(35,36)37)24-6-4-5-7-25(24)30(28)31;;/h4-17H,31H2,1-3H3,(H,35,36,37);;/q;+1;-1. The van der Waals surface area contributed by atoms with Gasteiger partial charge in [-0.25, -0.2) is 0 Å². The first kappa shape index (κ1) is 28.6. The Bertz CT molecular complexity index is 1820. The summed E-state index contributed by atoms with van der Waals surface area (Å²) in [4.78, 5) is 4.37. The summed E-state index contributed by atoms with van der Waals surface area (Å²) in [5.74, 6) is 0. The molecule has 0 spiro atoms. The van der Waals surface area contributed by atoms with Crippen LogP contribution in [0.2, 0.25) is 0 Å². The van der Waals surface area contributed by atoms with E-state index in [0.717, 1.165) is 27.9 Å². The predicted molar refractivity (Wildman–Crippen MR) is 153 cm³/mol. The number of nitrogens with two attached hydrogens (primary N) is 1. The summed E-state index contributed by atoms with van der Waals surface area (Å²) in [5.41, 5.74) is 14.7. The first-order valence-electron chi connectivity index (χ1n) is 12.0. The van der Waals surface area contributed by atoms with Crippen LogP contribution in [0.1, 0.15) is 18.1 Å². The predicted octanol–water partition coefficient (Wildman–Crippen LogP) is 4.85. The number of pyridine rings is 1. The number of azo groups is 1. The van der Waals surface area contributed by atoms with Gasteiger partial charge in [0.15, 0.2) is 0 Å². The third-order valence-corrected chi connectivity index (χ3v) is 7.20. The van der Waals surface area contributed by atoms with Crippen LogP contribution < -0.4 is 35.3 Å². The zero-order chi connectivity index (χ0) is 27.0. The van der Waals surface area contributed by atoms with Crippen LogP contribution in [0.25, 0.3) is 33.2 Å². The zero-order valence-corrected chi connectivity index (χ0v) is 25.0. The van der Waals surface area contributed by atoms with Crippen molar-refractivity contribution in [2.75, 3.05) is 5.73 Å². The Labute approximate surface area is 251 Å². The second-order valence-corrected chi connectivity index (χ2v) is 10.7. The molecule has 0 bridgehead atoms. The van der Waals surface area contributed by atoms with Crippen LogP contribution in [0.3, 0.4) is 0 Å². The van der Waals surface area contributed by atoms with Gasteiger partial charge in [-0.15, -0.1) is 10.2 Å². The normalized spacial score (nSPS) is 11.6. The molecule has 4 aromatic carbocycles. The Kier molecular flexibility index (Phi) is 8.34. The number of nitrogen functional groups attached to an aromatic ring is 1. The largest absolute Gasteiger partial charge is 1.00 e. The fourth-order valence-electron chi connectivity index (χ4n) is 4.61. The van der Waals surface area contributed by atoms with Crippen molar-refractivity contribution < 1.29 is 44.0 Å². The topological polar surface area (TPSA) is 118 Å². The molecule has 0 fully saturated rings. The maximum Gasteiger partial charge on any atom is 1.00 e. The van der Waals surface area contributed by atoms with Crippen molar-refractivity contribution in [2.45, 2.75) is 25.7 Å². The summed E-state index contributed by atoms with van der Waals surface area (Å²) in [5, 5.41) is 9.19. The van der Waals surface area contributed by atoms with Gasteiger partial charge in [0, 0.05) is 16.3 Å². The van der Waals surface area contributed by atoms with Crippen molar-refractivity contribution >= 4 is 38.0 Å². The Balaban J connectivity index is 0.00000220. The van der Waals surface area contributed by atoms with Crippen molar-refractivity contribution in [2.24, 2.45) is 10.2 Å².